The summed E-state index contributed by atoms with van der Waals surface area (Å²) in [7, 11) is 0.547. The number of aryl methyl sites for hydroxylation is 1. The van der Waals surface area contributed by atoms with Gasteiger partial charge in [0, 0.05) is 29.0 Å². The normalized spacial score (nSPS) is 16.2. The molecule has 0 saturated carbocycles. The summed E-state index contributed by atoms with van der Waals surface area (Å²) in [5, 5.41) is 8.60. The zero-order valence-electron chi connectivity index (χ0n) is 20.3. The molecule has 5 rings (SSSR count). The molecular formula is C26H30N4O2S4. The van der Waals surface area contributed by atoms with Crippen LogP contribution in [0.4, 0.5) is 5.69 Å². The molecule has 36 heavy (non-hydrogen) atoms. The van der Waals surface area contributed by atoms with Crippen LogP contribution in [0.15, 0.2) is 58.1 Å². The molecule has 6 nitrogen and oxygen atoms in total. The van der Waals surface area contributed by atoms with Crippen LogP contribution in [0.1, 0.15) is 33.8 Å². The first-order chi connectivity index (χ1) is 17.5. The van der Waals surface area contributed by atoms with Gasteiger partial charge in [-0.1, -0.05) is 36.4 Å². The van der Waals surface area contributed by atoms with Crippen LogP contribution in [0.2, 0.25) is 0 Å². The Morgan fingerprint density at radius 1 is 1.19 bits per heavy atom. The number of benzene rings is 1. The molecule has 0 aliphatic carbocycles. The molecule has 4 aromatic rings. The van der Waals surface area contributed by atoms with E-state index in [9.17, 15) is 9.00 Å². The van der Waals surface area contributed by atoms with Crippen LogP contribution in [-0.4, -0.2) is 46.5 Å². The number of H-pyrrole nitrogens is 1. The Labute approximate surface area is 226 Å². The van der Waals surface area contributed by atoms with E-state index < -0.39 is 11.0 Å². The Morgan fingerprint density at radius 2 is 1.97 bits per heavy atom. The second-order valence-corrected chi connectivity index (χ2v) is 14.4. The summed E-state index contributed by atoms with van der Waals surface area (Å²) < 4.78 is 16.7. The highest BCUT2D eigenvalue weighted by atomic mass is 32.2. The maximum atomic E-state index is 13.2. The summed E-state index contributed by atoms with van der Waals surface area (Å²) in [6.45, 7) is 4.59. The number of aromatic amines is 1. The summed E-state index contributed by atoms with van der Waals surface area (Å²) in [6, 6.07) is 16.2. The van der Waals surface area contributed by atoms with E-state index in [0.717, 1.165) is 56.7 Å². The molecule has 0 radical (unpaired) electrons. The number of aromatic nitrogens is 1. The average molecular weight is 559 g/mol. The molecule has 3 aromatic heterocycles. The van der Waals surface area contributed by atoms with Crippen LogP contribution >= 0.6 is 34.4 Å². The number of rotatable bonds is 9. The molecular weight excluding hydrogens is 529 g/mol. The minimum atomic E-state index is -1.30. The van der Waals surface area contributed by atoms with Gasteiger partial charge in [0.1, 0.15) is 9.90 Å². The highest BCUT2D eigenvalue weighted by Gasteiger charge is 2.33. The van der Waals surface area contributed by atoms with Gasteiger partial charge in [-0.15, -0.1) is 34.4 Å². The predicted octanol–water partition coefficient (Wildman–Crippen LogP) is 5.54. The summed E-state index contributed by atoms with van der Waals surface area (Å²) in [4.78, 5) is 17.6. The van der Waals surface area contributed by atoms with Crippen LogP contribution in [-0.2, 0) is 16.7 Å². The van der Waals surface area contributed by atoms with Crippen molar-refractivity contribution in [1.29, 1.82) is 0 Å². The van der Waals surface area contributed by atoms with Crippen molar-refractivity contribution in [2.75, 3.05) is 31.0 Å². The van der Waals surface area contributed by atoms with Crippen molar-refractivity contribution >= 4 is 67.2 Å². The van der Waals surface area contributed by atoms with E-state index >= 15 is 0 Å². The van der Waals surface area contributed by atoms with Crippen LogP contribution in [0, 0.1) is 6.92 Å². The Balaban J connectivity index is 1.30. The number of hydrogen-bond donors (Lipinski definition) is 3. The second-order valence-electron chi connectivity index (χ2n) is 9.00. The maximum absolute atomic E-state index is 13.2. The van der Waals surface area contributed by atoms with Gasteiger partial charge in [0.05, 0.1) is 15.9 Å². The van der Waals surface area contributed by atoms with Crippen molar-refractivity contribution in [3.8, 4) is 0 Å². The predicted molar refractivity (Wildman–Crippen MR) is 155 cm³/mol. The van der Waals surface area contributed by atoms with E-state index in [2.05, 4.69) is 39.9 Å². The number of hydrogen-bond acceptors (Lipinski definition) is 6. The van der Waals surface area contributed by atoms with Gasteiger partial charge in [0.2, 0.25) is 0 Å². The van der Waals surface area contributed by atoms with E-state index in [1.165, 1.54) is 16.9 Å². The molecule has 1 fully saturated rings. The number of anilines is 1. The largest absolute Gasteiger partial charge is 0.349 e. The van der Waals surface area contributed by atoms with Crippen molar-refractivity contribution < 1.29 is 9.00 Å². The lowest BCUT2D eigenvalue weighted by Gasteiger charge is -2.37. The minimum Gasteiger partial charge on any atom is -0.349 e. The molecule has 0 spiro atoms. The lowest BCUT2D eigenvalue weighted by atomic mass is 9.97. The number of fused-ring (bicyclic) bond motifs is 1. The van der Waals surface area contributed by atoms with Crippen LogP contribution in [0.25, 0.3) is 10.2 Å². The first-order valence-electron chi connectivity index (χ1n) is 11.9. The van der Waals surface area contributed by atoms with Gasteiger partial charge in [0.25, 0.3) is 5.91 Å². The van der Waals surface area contributed by atoms with Gasteiger partial charge in [0.15, 0.2) is 11.0 Å². The monoisotopic (exact) mass is 558 g/mol. The Bertz CT molecular complexity index is 1340. The Kier molecular flexibility index (Phi) is 7.87. The van der Waals surface area contributed by atoms with Crippen LogP contribution < -0.4 is 14.9 Å². The second kappa shape index (κ2) is 11.1. The number of nitrogens with zero attached hydrogens (tertiary/aromatic N) is 1. The highest BCUT2D eigenvalue weighted by Crippen LogP contribution is 2.39. The van der Waals surface area contributed by atoms with Crippen LogP contribution in [0.3, 0.4) is 0 Å². The molecule has 1 saturated heterocycles. The Morgan fingerprint density at radius 3 is 2.69 bits per heavy atom. The van der Waals surface area contributed by atoms with Gasteiger partial charge >= 0.3 is 0 Å². The smallest absolute Gasteiger partial charge is 0.267 e. The standard InChI is InChI=1S/C26H30N4O2S4/c1-18-24(30(2)36(32)22-9-6-14-33-22)23-21(35-18)15-20(29-23)25(31)28-17-26(10-12-27-13-11-26)34-16-19-7-4-3-5-8-19/h3-9,14-15,27,29H,10-13,16-17H2,1-2H3,(H,28,31). The van der Waals surface area contributed by atoms with Gasteiger partial charge in [-0.05, 0) is 55.9 Å². The number of thioether (sulfide) groups is 1. The minimum absolute atomic E-state index is 0.0142. The topological polar surface area (TPSA) is 77.2 Å². The third-order valence-corrected chi connectivity index (χ3v) is 11.8. The molecule has 4 heterocycles. The van der Waals surface area contributed by atoms with E-state index in [4.69, 9.17) is 0 Å². The van der Waals surface area contributed by atoms with Gasteiger partial charge < -0.3 is 15.6 Å². The lowest BCUT2D eigenvalue weighted by Crippen LogP contribution is -2.47. The summed E-state index contributed by atoms with van der Waals surface area (Å²) >= 11 is 5.05. The van der Waals surface area contributed by atoms with E-state index in [1.807, 2.05) is 55.4 Å². The molecule has 190 valence electrons. The molecule has 1 unspecified atom stereocenters. The summed E-state index contributed by atoms with van der Waals surface area (Å²) in [5.41, 5.74) is 3.60. The fourth-order valence-corrected chi connectivity index (χ4v) is 9.19. The molecule has 1 aliphatic heterocycles. The van der Waals surface area contributed by atoms with E-state index in [0.29, 0.717) is 12.2 Å². The highest BCUT2D eigenvalue weighted by molar-refractivity contribution is 7.99. The number of piperidine rings is 1. The number of carbonyl (C=O) groups excluding carboxylic acids is 1. The third-order valence-electron chi connectivity index (χ3n) is 6.56. The summed E-state index contributed by atoms with van der Waals surface area (Å²) in [5.74, 6) is 0.841. The lowest BCUT2D eigenvalue weighted by molar-refractivity contribution is 0.0943. The van der Waals surface area contributed by atoms with Crippen molar-refractivity contribution in [2.45, 2.75) is 34.5 Å². The molecule has 10 heteroatoms. The van der Waals surface area contributed by atoms with Gasteiger partial charge in [-0.25, -0.2) is 4.21 Å². The van der Waals surface area contributed by atoms with Gasteiger partial charge in [-0.2, -0.15) is 0 Å². The maximum Gasteiger partial charge on any atom is 0.267 e. The van der Waals surface area contributed by atoms with Crippen molar-refractivity contribution in [2.24, 2.45) is 0 Å². The summed E-state index contributed by atoms with van der Waals surface area (Å²) in [6.07, 6.45) is 2.04. The third kappa shape index (κ3) is 5.43. The van der Waals surface area contributed by atoms with Crippen LogP contribution in [0.5, 0.6) is 0 Å². The Hall–Kier alpha value is -2.11. The number of carbonyl (C=O) groups is 1. The molecule has 1 atom stereocenters. The van der Waals surface area contributed by atoms with E-state index in [-0.39, 0.29) is 10.7 Å². The first-order valence-corrected chi connectivity index (χ1v) is 15.7. The molecule has 1 aromatic carbocycles. The van der Waals surface area contributed by atoms with E-state index in [1.54, 1.807) is 15.6 Å². The molecule has 1 aliphatic rings. The van der Waals surface area contributed by atoms with Crippen molar-refractivity contribution in [3.05, 3.63) is 70.0 Å². The number of thiophene rings is 2. The van der Waals surface area contributed by atoms with Crippen molar-refractivity contribution in [3.63, 3.8) is 0 Å². The van der Waals surface area contributed by atoms with Crippen molar-refractivity contribution in [1.82, 2.24) is 15.6 Å². The fourth-order valence-electron chi connectivity index (χ4n) is 4.57. The quantitative estimate of drug-likeness (QED) is 0.252. The molecule has 0 bridgehead atoms. The fraction of sp³-hybridized carbons (Fsp3) is 0.346. The van der Waals surface area contributed by atoms with Gasteiger partial charge in [-0.3, -0.25) is 9.10 Å². The zero-order chi connectivity index (χ0) is 25.1. The molecule has 1 amide bonds. The SMILES string of the molecule is Cc1sc2cc(C(=O)NCC3(SCc4ccccc4)CCNCC3)[nH]c2c1N(C)S(=O)c1cccs1. The molecule has 3 N–H and O–H groups in total. The average Bonchev–Trinajstić information content (AvgIpc) is 3.64. The zero-order valence-corrected chi connectivity index (χ0v) is 23.6. The first kappa shape index (κ1) is 25.5. The number of amides is 1. The number of nitrogens with one attached hydrogen (secondary N) is 3.